The lowest BCUT2D eigenvalue weighted by Gasteiger charge is -2.36. The van der Waals surface area contributed by atoms with Gasteiger partial charge >= 0.3 is 0 Å². The zero-order valence-corrected chi connectivity index (χ0v) is 12.3. The molecule has 1 amide bonds. The quantitative estimate of drug-likeness (QED) is 0.816. The lowest BCUT2D eigenvalue weighted by atomic mass is 9.99. The van der Waals surface area contributed by atoms with Crippen LogP contribution >= 0.6 is 12.4 Å². The summed E-state index contributed by atoms with van der Waals surface area (Å²) in [6, 6.07) is 0.483. The highest BCUT2D eigenvalue weighted by Gasteiger charge is 2.25. The molecular weight excluding hydrogens is 250 g/mol. The van der Waals surface area contributed by atoms with Gasteiger partial charge in [0.2, 0.25) is 5.91 Å². The van der Waals surface area contributed by atoms with Crippen molar-refractivity contribution in [1.29, 1.82) is 0 Å². The van der Waals surface area contributed by atoms with E-state index < -0.39 is 0 Å². The molecule has 0 unspecified atom stereocenters. The van der Waals surface area contributed by atoms with Crippen LogP contribution < -0.4 is 5.32 Å². The number of piperidine rings is 1. The summed E-state index contributed by atoms with van der Waals surface area (Å²) in [5, 5.41) is 3.36. The number of hydrogen-bond acceptors (Lipinski definition) is 3. The average Bonchev–Trinajstić information content (AvgIpc) is 2.33. The highest BCUT2D eigenvalue weighted by Crippen LogP contribution is 2.16. The Hall–Kier alpha value is -0.320. The Balaban J connectivity index is 0.00000162. The first-order valence-electron chi connectivity index (χ1n) is 6.89. The van der Waals surface area contributed by atoms with E-state index in [1.807, 2.05) is 0 Å². The van der Waals surface area contributed by atoms with Gasteiger partial charge in [0.05, 0.1) is 6.54 Å². The van der Waals surface area contributed by atoms with Crippen LogP contribution in [0.3, 0.4) is 0 Å². The van der Waals surface area contributed by atoms with Gasteiger partial charge in [-0.25, -0.2) is 0 Å². The Morgan fingerprint density at radius 3 is 2.50 bits per heavy atom. The minimum Gasteiger partial charge on any atom is -0.342 e. The van der Waals surface area contributed by atoms with E-state index in [4.69, 9.17) is 0 Å². The number of nitrogens with one attached hydrogen (secondary N) is 1. The highest BCUT2D eigenvalue weighted by atomic mass is 35.5. The monoisotopic (exact) mass is 275 g/mol. The molecule has 5 heteroatoms. The molecule has 1 atom stereocenters. The summed E-state index contributed by atoms with van der Waals surface area (Å²) in [5.41, 5.74) is 0. The molecule has 2 aliphatic rings. The average molecular weight is 276 g/mol. The maximum atomic E-state index is 12.2. The molecule has 2 heterocycles. The number of nitrogens with zero attached hydrogens (tertiary/aromatic N) is 2. The third-order valence-corrected chi connectivity index (χ3v) is 4.11. The van der Waals surface area contributed by atoms with Gasteiger partial charge in [-0.2, -0.15) is 0 Å². The van der Waals surface area contributed by atoms with Crippen LogP contribution in [0.5, 0.6) is 0 Å². The van der Waals surface area contributed by atoms with Gasteiger partial charge in [0.1, 0.15) is 0 Å². The summed E-state index contributed by atoms with van der Waals surface area (Å²) in [6.07, 6.45) is 2.34. The van der Waals surface area contributed by atoms with E-state index in [2.05, 4.69) is 29.0 Å². The van der Waals surface area contributed by atoms with E-state index in [0.29, 0.717) is 18.5 Å². The van der Waals surface area contributed by atoms with Crippen LogP contribution in [0.25, 0.3) is 0 Å². The van der Waals surface area contributed by atoms with E-state index in [1.165, 1.54) is 12.8 Å². The molecule has 0 saturated carbocycles. The van der Waals surface area contributed by atoms with Crippen molar-refractivity contribution in [3.05, 3.63) is 0 Å². The topological polar surface area (TPSA) is 35.6 Å². The van der Waals surface area contributed by atoms with E-state index in [1.54, 1.807) is 0 Å². The lowest BCUT2D eigenvalue weighted by molar-refractivity contribution is -0.134. The molecule has 4 nitrogen and oxygen atoms in total. The van der Waals surface area contributed by atoms with Crippen LogP contribution in [0.4, 0.5) is 0 Å². The Labute approximate surface area is 116 Å². The Morgan fingerprint density at radius 1 is 1.22 bits per heavy atom. The molecule has 2 rings (SSSR count). The number of likely N-dealkylation sites (tertiary alicyclic amines) is 1. The van der Waals surface area contributed by atoms with Gasteiger partial charge in [-0.15, -0.1) is 12.4 Å². The third kappa shape index (κ3) is 4.11. The van der Waals surface area contributed by atoms with Gasteiger partial charge in [0.25, 0.3) is 0 Å². The molecule has 0 aromatic heterocycles. The van der Waals surface area contributed by atoms with Gasteiger partial charge in [0, 0.05) is 38.8 Å². The zero-order chi connectivity index (χ0) is 12.3. The van der Waals surface area contributed by atoms with Gasteiger partial charge in [-0.1, -0.05) is 6.92 Å². The van der Waals surface area contributed by atoms with E-state index >= 15 is 0 Å². The fraction of sp³-hybridized carbons (Fsp3) is 0.923. The van der Waals surface area contributed by atoms with E-state index in [0.717, 1.165) is 38.6 Å². The molecule has 106 valence electrons. The van der Waals surface area contributed by atoms with Crippen LogP contribution in [0, 0.1) is 5.92 Å². The fourth-order valence-electron chi connectivity index (χ4n) is 2.65. The Bertz CT molecular complexity index is 267. The SMILES string of the molecule is CC1CCN(C(=O)CN2CCNC[C@H]2C)CC1.Cl. The molecule has 2 saturated heterocycles. The number of amides is 1. The highest BCUT2D eigenvalue weighted by molar-refractivity contribution is 5.85. The van der Waals surface area contributed by atoms with Crippen molar-refractivity contribution in [3.63, 3.8) is 0 Å². The molecular formula is C13H26ClN3O. The van der Waals surface area contributed by atoms with E-state index in [9.17, 15) is 4.79 Å². The third-order valence-electron chi connectivity index (χ3n) is 4.11. The van der Waals surface area contributed by atoms with Crippen LogP contribution in [0.1, 0.15) is 26.7 Å². The first-order chi connectivity index (χ1) is 8.16. The molecule has 18 heavy (non-hydrogen) atoms. The first-order valence-corrected chi connectivity index (χ1v) is 6.89. The lowest BCUT2D eigenvalue weighted by Crippen LogP contribution is -2.53. The number of rotatable bonds is 2. The molecule has 0 aliphatic carbocycles. The fourth-order valence-corrected chi connectivity index (χ4v) is 2.65. The predicted octanol–water partition coefficient (Wildman–Crippen LogP) is 0.960. The van der Waals surface area contributed by atoms with Crippen molar-refractivity contribution in [2.45, 2.75) is 32.7 Å². The molecule has 0 aromatic rings. The second-order valence-electron chi connectivity index (χ2n) is 5.59. The second-order valence-corrected chi connectivity index (χ2v) is 5.59. The molecule has 0 aromatic carbocycles. The first kappa shape index (κ1) is 15.7. The number of hydrogen-bond donors (Lipinski definition) is 1. The maximum absolute atomic E-state index is 12.2. The molecule has 1 N–H and O–H groups in total. The number of carbonyl (C=O) groups is 1. The molecule has 2 aliphatic heterocycles. The van der Waals surface area contributed by atoms with Gasteiger partial charge < -0.3 is 10.2 Å². The summed E-state index contributed by atoms with van der Waals surface area (Å²) in [5.74, 6) is 1.11. The van der Waals surface area contributed by atoms with Crippen LogP contribution in [0.15, 0.2) is 0 Å². The molecule has 0 spiro atoms. The number of piperazine rings is 1. The van der Waals surface area contributed by atoms with Crippen molar-refractivity contribution >= 4 is 18.3 Å². The van der Waals surface area contributed by atoms with Crippen LogP contribution in [0.2, 0.25) is 0 Å². The van der Waals surface area contributed by atoms with Gasteiger partial charge in [0.15, 0.2) is 0 Å². The van der Waals surface area contributed by atoms with Crippen LogP contribution in [-0.2, 0) is 4.79 Å². The minimum atomic E-state index is 0. The van der Waals surface area contributed by atoms with Crippen molar-refractivity contribution in [2.75, 3.05) is 39.3 Å². The van der Waals surface area contributed by atoms with Crippen molar-refractivity contribution in [3.8, 4) is 0 Å². The zero-order valence-electron chi connectivity index (χ0n) is 11.5. The number of carbonyl (C=O) groups excluding carboxylic acids is 1. The summed E-state index contributed by atoms with van der Waals surface area (Å²) < 4.78 is 0. The standard InChI is InChI=1S/C13H25N3O.ClH/c1-11-3-6-15(7-4-11)13(17)10-16-8-5-14-9-12(16)2;/h11-12,14H,3-10H2,1-2H3;1H/t12-;/m1./s1. The number of halogens is 1. The largest absolute Gasteiger partial charge is 0.342 e. The Morgan fingerprint density at radius 2 is 1.89 bits per heavy atom. The van der Waals surface area contributed by atoms with Gasteiger partial charge in [-0.3, -0.25) is 9.69 Å². The van der Waals surface area contributed by atoms with Crippen molar-refractivity contribution in [1.82, 2.24) is 15.1 Å². The normalized spacial score (nSPS) is 26.8. The van der Waals surface area contributed by atoms with E-state index in [-0.39, 0.29) is 12.4 Å². The second kappa shape index (κ2) is 7.31. The summed E-state index contributed by atoms with van der Waals surface area (Å²) >= 11 is 0. The maximum Gasteiger partial charge on any atom is 0.236 e. The van der Waals surface area contributed by atoms with Gasteiger partial charge in [-0.05, 0) is 25.7 Å². The molecule has 0 bridgehead atoms. The smallest absolute Gasteiger partial charge is 0.236 e. The summed E-state index contributed by atoms with van der Waals surface area (Å²) in [7, 11) is 0. The molecule has 2 fully saturated rings. The Kier molecular flexibility index (Phi) is 6.39. The molecule has 0 radical (unpaired) electrons. The summed E-state index contributed by atoms with van der Waals surface area (Å²) in [4.78, 5) is 16.5. The van der Waals surface area contributed by atoms with Crippen LogP contribution in [-0.4, -0.2) is 61.0 Å². The van der Waals surface area contributed by atoms with Crippen molar-refractivity contribution in [2.24, 2.45) is 5.92 Å². The predicted molar refractivity (Wildman–Crippen MR) is 76.1 cm³/mol. The minimum absolute atomic E-state index is 0. The summed E-state index contributed by atoms with van der Waals surface area (Å²) in [6.45, 7) is 10.0. The van der Waals surface area contributed by atoms with Crippen molar-refractivity contribution < 1.29 is 4.79 Å².